The Morgan fingerprint density at radius 2 is 1.67 bits per heavy atom. The van der Waals surface area contributed by atoms with E-state index >= 15 is 0 Å². The second-order valence-corrected chi connectivity index (χ2v) is 8.80. The summed E-state index contributed by atoms with van der Waals surface area (Å²) in [6.45, 7) is 1.23. The molecule has 4 rings (SSSR count). The molecule has 0 saturated carbocycles. The van der Waals surface area contributed by atoms with Gasteiger partial charge in [-0.3, -0.25) is 4.68 Å². The van der Waals surface area contributed by atoms with Crippen LogP contribution in [0.4, 0.5) is 0 Å². The number of hydrogen-bond donors (Lipinski definition) is 1. The predicted molar refractivity (Wildman–Crippen MR) is 104 cm³/mol. The van der Waals surface area contributed by atoms with Crippen molar-refractivity contribution >= 4 is 10.0 Å². The third-order valence-corrected chi connectivity index (χ3v) is 6.78. The Hall–Kier alpha value is -2.48. The molecule has 1 aliphatic rings. The van der Waals surface area contributed by atoms with Crippen LogP contribution in [0, 0.1) is 0 Å². The van der Waals surface area contributed by atoms with Gasteiger partial charge in [-0.25, -0.2) is 8.42 Å². The number of nitrogens with two attached hydrogens (primary N) is 1. The summed E-state index contributed by atoms with van der Waals surface area (Å²) in [5.74, 6) is 0.000314. The molecule has 1 saturated heterocycles. The summed E-state index contributed by atoms with van der Waals surface area (Å²) in [5, 5.41) is 4.22. The molecule has 3 aromatic rings. The minimum atomic E-state index is -3.61. The Morgan fingerprint density at radius 3 is 2.37 bits per heavy atom. The first-order valence-electron chi connectivity index (χ1n) is 8.91. The molecule has 2 heterocycles. The molecule has 6 nitrogen and oxygen atoms in total. The van der Waals surface area contributed by atoms with E-state index in [1.54, 1.807) is 10.9 Å². The van der Waals surface area contributed by atoms with E-state index in [1.807, 2.05) is 60.7 Å². The molecule has 0 amide bonds. The van der Waals surface area contributed by atoms with Crippen LogP contribution in [0.2, 0.25) is 0 Å². The zero-order chi connectivity index (χ0) is 18.9. The lowest BCUT2D eigenvalue weighted by molar-refractivity contribution is 0.470. The Kier molecular flexibility index (Phi) is 4.82. The highest BCUT2D eigenvalue weighted by Crippen LogP contribution is 2.30. The van der Waals surface area contributed by atoms with Crippen LogP contribution in [-0.2, 0) is 16.6 Å². The normalized spacial score (nSPS) is 20.8. The topological polar surface area (TPSA) is 81.2 Å². The van der Waals surface area contributed by atoms with E-state index in [0.717, 1.165) is 11.1 Å². The van der Waals surface area contributed by atoms with Crippen LogP contribution < -0.4 is 5.73 Å². The van der Waals surface area contributed by atoms with Gasteiger partial charge in [-0.15, -0.1) is 0 Å². The molecule has 2 aromatic carbocycles. The summed E-state index contributed by atoms with van der Waals surface area (Å²) >= 11 is 0. The van der Waals surface area contributed by atoms with E-state index in [2.05, 4.69) is 5.10 Å². The minimum absolute atomic E-state index is 0.000314. The summed E-state index contributed by atoms with van der Waals surface area (Å²) < 4.78 is 29.2. The molecular formula is C20H22N4O2S. The standard InChI is InChI=1S/C20H22N4O2S/c21-20-15-24(14-19(20)17-9-5-2-6-10-17)27(25,26)18-11-22-23(13-18)12-16-7-3-1-4-8-16/h1-11,13,19-20H,12,14-15,21H2/t19-,20+/m0/s1. The third-order valence-electron chi connectivity index (χ3n) is 4.99. The molecule has 1 fully saturated rings. The van der Waals surface area contributed by atoms with Gasteiger partial charge in [0.15, 0.2) is 0 Å². The van der Waals surface area contributed by atoms with Crippen molar-refractivity contribution in [2.45, 2.75) is 23.4 Å². The summed E-state index contributed by atoms with van der Waals surface area (Å²) in [6.07, 6.45) is 3.00. The number of nitrogens with zero attached hydrogens (tertiary/aromatic N) is 3. The second-order valence-electron chi connectivity index (χ2n) is 6.86. The van der Waals surface area contributed by atoms with Crippen LogP contribution in [0.15, 0.2) is 78.0 Å². The highest BCUT2D eigenvalue weighted by atomic mass is 32.2. The van der Waals surface area contributed by atoms with Crippen LogP contribution in [0.1, 0.15) is 17.0 Å². The van der Waals surface area contributed by atoms with Crippen LogP contribution in [0.5, 0.6) is 0 Å². The van der Waals surface area contributed by atoms with Gasteiger partial charge in [0.2, 0.25) is 10.0 Å². The lowest BCUT2D eigenvalue weighted by atomic mass is 9.95. The van der Waals surface area contributed by atoms with Crippen LogP contribution in [0.3, 0.4) is 0 Å². The molecule has 140 valence electrons. The average molecular weight is 382 g/mol. The van der Waals surface area contributed by atoms with Crippen molar-refractivity contribution in [1.29, 1.82) is 0 Å². The number of hydrogen-bond acceptors (Lipinski definition) is 4. The Morgan fingerprint density at radius 1 is 1.00 bits per heavy atom. The molecular weight excluding hydrogens is 360 g/mol. The van der Waals surface area contributed by atoms with Crippen molar-refractivity contribution in [3.8, 4) is 0 Å². The van der Waals surface area contributed by atoms with Crippen molar-refractivity contribution in [3.63, 3.8) is 0 Å². The van der Waals surface area contributed by atoms with Gasteiger partial charge in [-0.05, 0) is 11.1 Å². The molecule has 0 aliphatic carbocycles. The van der Waals surface area contributed by atoms with Gasteiger partial charge in [-0.2, -0.15) is 9.40 Å². The maximum atomic E-state index is 13.0. The van der Waals surface area contributed by atoms with Gasteiger partial charge in [0.25, 0.3) is 0 Å². The number of aromatic nitrogens is 2. The molecule has 0 unspecified atom stereocenters. The lowest BCUT2D eigenvalue weighted by Gasteiger charge is -2.15. The van der Waals surface area contributed by atoms with E-state index < -0.39 is 10.0 Å². The largest absolute Gasteiger partial charge is 0.326 e. The number of benzene rings is 2. The Labute approximate surface area is 159 Å². The Balaban J connectivity index is 1.52. The van der Waals surface area contributed by atoms with Gasteiger partial charge >= 0.3 is 0 Å². The monoisotopic (exact) mass is 382 g/mol. The van der Waals surface area contributed by atoms with E-state index in [-0.39, 0.29) is 16.9 Å². The van der Waals surface area contributed by atoms with Crippen molar-refractivity contribution < 1.29 is 8.42 Å². The molecule has 1 aliphatic heterocycles. The molecule has 0 radical (unpaired) electrons. The van der Waals surface area contributed by atoms with Gasteiger partial charge in [-0.1, -0.05) is 60.7 Å². The average Bonchev–Trinajstić information content (AvgIpc) is 3.31. The van der Waals surface area contributed by atoms with Crippen LogP contribution in [0.25, 0.3) is 0 Å². The van der Waals surface area contributed by atoms with Crippen molar-refractivity contribution in [2.75, 3.05) is 13.1 Å². The van der Waals surface area contributed by atoms with E-state index in [9.17, 15) is 8.42 Å². The maximum absolute atomic E-state index is 13.0. The highest BCUT2D eigenvalue weighted by Gasteiger charge is 2.38. The minimum Gasteiger partial charge on any atom is -0.326 e. The SMILES string of the molecule is N[C@@H]1CN(S(=O)(=O)c2cnn(Cc3ccccc3)c2)C[C@H]1c1ccccc1. The fraction of sp³-hybridized carbons (Fsp3) is 0.250. The second kappa shape index (κ2) is 7.26. The first-order valence-corrected chi connectivity index (χ1v) is 10.3. The smallest absolute Gasteiger partial charge is 0.246 e. The van der Waals surface area contributed by atoms with Crippen molar-refractivity contribution in [1.82, 2.24) is 14.1 Å². The lowest BCUT2D eigenvalue weighted by Crippen LogP contribution is -2.32. The molecule has 27 heavy (non-hydrogen) atoms. The van der Waals surface area contributed by atoms with Gasteiger partial charge in [0.05, 0.1) is 12.7 Å². The van der Waals surface area contributed by atoms with E-state index in [4.69, 9.17) is 5.73 Å². The van der Waals surface area contributed by atoms with Crippen molar-refractivity contribution in [2.24, 2.45) is 5.73 Å². The first-order chi connectivity index (χ1) is 13.0. The molecule has 0 spiro atoms. The quantitative estimate of drug-likeness (QED) is 0.732. The molecule has 7 heteroatoms. The molecule has 2 N–H and O–H groups in total. The Bertz CT molecular complexity index is 1000. The summed E-state index contributed by atoms with van der Waals surface area (Å²) in [6, 6.07) is 19.4. The number of sulfonamides is 1. The van der Waals surface area contributed by atoms with E-state index in [0.29, 0.717) is 19.6 Å². The van der Waals surface area contributed by atoms with Crippen LogP contribution >= 0.6 is 0 Å². The van der Waals surface area contributed by atoms with Gasteiger partial charge in [0, 0.05) is 31.2 Å². The number of rotatable bonds is 5. The molecule has 1 aromatic heterocycles. The van der Waals surface area contributed by atoms with Crippen molar-refractivity contribution in [3.05, 3.63) is 84.2 Å². The predicted octanol–water partition coefficient (Wildman–Crippen LogP) is 2.05. The van der Waals surface area contributed by atoms with E-state index in [1.165, 1.54) is 10.5 Å². The molecule has 0 bridgehead atoms. The molecule has 2 atom stereocenters. The van der Waals surface area contributed by atoms with Gasteiger partial charge < -0.3 is 5.73 Å². The third kappa shape index (κ3) is 3.66. The summed E-state index contributed by atoms with van der Waals surface area (Å²) in [7, 11) is -3.61. The fourth-order valence-corrected chi connectivity index (χ4v) is 4.98. The summed E-state index contributed by atoms with van der Waals surface area (Å²) in [4.78, 5) is 0.208. The maximum Gasteiger partial charge on any atom is 0.246 e. The van der Waals surface area contributed by atoms with Crippen LogP contribution in [-0.4, -0.2) is 41.6 Å². The fourth-order valence-electron chi connectivity index (χ4n) is 3.52. The summed E-state index contributed by atoms with van der Waals surface area (Å²) in [5.41, 5.74) is 8.39. The zero-order valence-electron chi connectivity index (χ0n) is 14.8. The zero-order valence-corrected chi connectivity index (χ0v) is 15.7. The van der Waals surface area contributed by atoms with Gasteiger partial charge in [0.1, 0.15) is 4.90 Å². The first kappa shape index (κ1) is 17.9. The highest BCUT2D eigenvalue weighted by molar-refractivity contribution is 7.89.